The molecular formula is C17H26O2. The molecule has 1 aromatic rings. The number of aryl methyl sites for hydroxylation is 3. The minimum absolute atomic E-state index is 0.660. The molecule has 0 amide bonds. The molecule has 19 heavy (non-hydrogen) atoms. The SMILES string of the molecule is Cc1cc(C)c(C(O)C2(O)CCC(C)CC2)cc1C. The molecule has 1 fully saturated rings. The summed E-state index contributed by atoms with van der Waals surface area (Å²) >= 11 is 0. The molecule has 106 valence electrons. The summed E-state index contributed by atoms with van der Waals surface area (Å²) in [5.41, 5.74) is 3.42. The van der Waals surface area contributed by atoms with Crippen LogP contribution in [0, 0.1) is 26.7 Å². The largest absolute Gasteiger partial charge is 0.387 e. The van der Waals surface area contributed by atoms with Gasteiger partial charge in [0.05, 0.1) is 5.60 Å². The molecule has 0 spiro atoms. The maximum Gasteiger partial charge on any atom is 0.108 e. The lowest BCUT2D eigenvalue weighted by Crippen LogP contribution is -2.40. The summed E-state index contributed by atoms with van der Waals surface area (Å²) in [6, 6.07) is 4.13. The molecule has 0 bridgehead atoms. The maximum absolute atomic E-state index is 10.7. The van der Waals surface area contributed by atoms with Gasteiger partial charge in [-0.05, 0) is 74.6 Å². The monoisotopic (exact) mass is 262 g/mol. The van der Waals surface area contributed by atoms with Crippen LogP contribution in [-0.2, 0) is 0 Å². The van der Waals surface area contributed by atoms with Crippen molar-refractivity contribution in [3.63, 3.8) is 0 Å². The van der Waals surface area contributed by atoms with Crippen LogP contribution < -0.4 is 0 Å². The van der Waals surface area contributed by atoms with Crippen molar-refractivity contribution in [2.45, 2.75) is 65.1 Å². The maximum atomic E-state index is 10.7. The summed E-state index contributed by atoms with van der Waals surface area (Å²) in [4.78, 5) is 0. The van der Waals surface area contributed by atoms with Crippen molar-refractivity contribution in [2.24, 2.45) is 5.92 Å². The van der Waals surface area contributed by atoms with Gasteiger partial charge in [0.1, 0.15) is 6.10 Å². The lowest BCUT2D eigenvalue weighted by atomic mass is 9.74. The van der Waals surface area contributed by atoms with Gasteiger partial charge in [0.25, 0.3) is 0 Å². The van der Waals surface area contributed by atoms with Crippen molar-refractivity contribution in [2.75, 3.05) is 0 Å². The zero-order chi connectivity index (χ0) is 14.2. The van der Waals surface area contributed by atoms with Gasteiger partial charge in [-0.2, -0.15) is 0 Å². The molecule has 2 heteroatoms. The first-order chi connectivity index (χ1) is 8.83. The van der Waals surface area contributed by atoms with Crippen molar-refractivity contribution >= 4 is 0 Å². The molecule has 1 aliphatic carbocycles. The van der Waals surface area contributed by atoms with Crippen LogP contribution in [0.2, 0.25) is 0 Å². The molecule has 1 aromatic carbocycles. The van der Waals surface area contributed by atoms with Crippen LogP contribution in [-0.4, -0.2) is 15.8 Å². The van der Waals surface area contributed by atoms with Crippen LogP contribution in [0.4, 0.5) is 0 Å². The summed E-state index contributed by atoms with van der Waals surface area (Å²) in [5, 5.41) is 21.4. The third kappa shape index (κ3) is 2.85. The second kappa shape index (κ2) is 5.26. The van der Waals surface area contributed by atoms with E-state index in [0.29, 0.717) is 18.8 Å². The van der Waals surface area contributed by atoms with Crippen LogP contribution in [0.3, 0.4) is 0 Å². The van der Waals surface area contributed by atoms with E-state index in [4.69, 9.17) is 0 Å². The standard InChI is InChI=1S/C17H26O2/c1-11-5-7-17(19,8-6-11)16(18)15-10-13(3)12(2)9-14(15)4/h9-11,16,18-19H,5-8H2,1-4H3. The Kier molecular flexibility index (Phi) is 4.03. The highest BCUT2D eigenvalue weighted by Crippen LogP contribution is 2.41. The fourth-order valence-electron chi connectivity index (χ4n) is 3.10. The van der Waals surface area contributed by atoms with Crippen LogP contribution >= 0.6 is 0 Å². The van der Waals surface area contributed by atoms with Crippen molar-refractivity contribution < 1.29 is 10.2 Å². The van der Waals surface area contributed by atoms with Gasteiger partial charge in [-0.25, -0.2) is 0 Å². The Morgan fingerprint density at radius 2 is 1.58 bits per heavy atom. The molecular weight excluding hydrogens is 236 g/mol. The predicted molar refractivity (Wildman–Crippen MR) is 78.2 cm³/mol. The first-order valence-corrected chi connectivity index (χ1v) is 7.31. The normalized spacial score (nSPS) is 29.3. The van der Waals surface area contributed by atoms with Gasteiger partial charge in [0, 0.05) is 0 Å². The molecule has 1 aliphatic rings. The van der Waals surface area contributed by atoms with E-state index in [1.807, 2.05) is 13.0 Å². The van der Waals surface area contributed by atoms with E-state index in [-0.39, 0.29) is 0 Å². The zero-order valence-electron chi connectivity index (χ0n) is 12.5. The van der Waals surface area contributed by atoms with E-state index in [9.17, 15) is 10.2 Å². The van der Waals surface area contributed by atoms with E-state index in [0.717, 1.165) is 24.0 Å². The van der Waals surface area contributed by atoms with Gasteiger partial charge in [-0.3, -0.25) is 0 Å². The minimum atomic E-state index is -0.945. The molecule has 0 radical (unpaired) electrons. The first kappa shape index (κ1) is 14.5. The van der Waals surface area contributed by atoms with E-state index < -0.39 is 11.7 Å². The number of rotatable bonds is 2. The Bertz CT molecular complexity index is 457. The van der Waals surface area contributed by atoms with Crippen LogP contribution in [0.5, 0.6) is 0 Å². The number of aliphatic hydroxyl groups is 2. The summed E-state index contributed by atoms with van der Waals surface area (Å²) in [5.74, 6) is 0.660. The predicted octanol–water partition coefficient (Wildman–Crippen LogP) is 3.59. The fourth-order valence-corrected chi connectivity index (χ4v) is 3.10. The summed E-state index contributed by atoms with van der Waals surface area (Å²) in [6.07, 6.45) is 2.62. The van der Waals surface area contributed by atoms with Gasteiger partial charge in [0.2, 0.25) is 0 Å². The Balaban J connectivity index is 2.28. The molecule has 0 aliphatic heterocycles. The van der Waals surface area contributed by atoms with Gasteiger partial charge in [-0.15, -0.1) is 0 Å². The smallest absolute Gasteiger partial charge is 0.108 e. The summed E-state index contributed by atoms with van der Waals surface area (Å²) in [7, 11) is 0. The van der Waals surface area contributed by atoms with Gasteiger partial charge in [0.15, 0.2) is 0 Å². The molecule has 0 heterocycles. The highest BCUT2D eigenvalue weighted by Gasteiger charge is 2.39. The van der Waals surface area contributed by atoms with Gasteiger partial charge < -0.3 is 10.2 Å². The number of hydrogen-bond donors (Lipinski definition) is 2. The molecule has 0 saturated heterocycles. The minimum Gasteiger partial charge on any atom is -0.387 e. The summed E-state index contributed by atoms with van der Waals surface area (Å²) < 4.78 is 0. The van der Waals surface area contributed by atoms with Gasteiger partial charge >= 0.3 is 0 Å². The lowest BCUT2D eigenvalue weighted by Gasteiger charge is -2.39. The molecule has 1 unspecified atom stereocenters. The average molecular weight is 262 g/mol. The molecule has 2 N–H and O–H groups in total. The number of hydrogen-bond acceptors (Lipinski definition) is 2. The Morgan fingerprint density at radius 3 is 2.16 bits per heavy atom. The van der Waals surface area contributed by atoms with Crippen molar-refractivity contribution in [3.8, 4) is 0 Å². The third-order valence-corrected chi connectivity index (χ3v) is 4.83. The van der Waals surface area contributed by atoms with Crippen molar-refractivity contribution in [1.82, 2.24) is 0 Å². The second-order valence-electron chi connectivity index (χ2n) is 6.48. The highest BCUT2D eigenvalue weighted by molar-refractivity contribution is 5.38. The highest BCUT2D eigenvalue weighted by atomic mass is 16.3. The quantitative estimate of drug-likeness (QED) is 0.855. The summed E-state index contributed by atoms with van der Waals surface area (Å²) in [6.45, 7) is 8.36. The van der Waals surface area contributed by atoms with Crippen LogP contribution in [0.1, 0.15) is 61.0 Å². The number of aliphatic hydroxyl groups excluding tert-OH is 1. The molecule has 2 nitrogen and oxygen atoms in total. The van der Waals surface area contributed by atoms with E-state index in [1.54, 1.807) is 0 Å². The van der Waals surface area contributed by atoms with Crippen LogP contribution in [0.25, 0.3) is 0 Å². The fraction of sp³-hybridized carbons (Fsp3) is 0.647. The average Bonchev–Trinajstić information content (AvgIpc) is 2.37. The molecule has 1 saturated carbocycles. The van der Waals surface area contributed by atoms with E-state index >= 15 is 0 Å². The van der Waals surface area contributed by atoms with E-state index in [1.165, 1.54) is 11.1 Å². The first-order valence-electron chi connectivity index (χ1n) is 7.31. The Morgan fingerprint density at radius 1 is 1.05 bits per heavy atom. The van der Waals surface area contributed by atoms with E-state index in [2.05, 4.69) is 26.8 Å². The topological polar surface area (TPSA) is 40.5 Å². The van der Waals surface area contributed by atoms with Crippen molar-refractivity contribution in [3.05, 3.63) is 34.4 Å². The molecule has 0 aromatic heterocycles. The Hall–Kier alpha value is -0.860. The van der Waals surface area contributed by atoms with Gasteiger partial charge in [-0.1, -0.05) is 19.1 Å². The number of benzene rings is 1. The lowest BCUT2D eigenvalue weighted by molar-refractivity contribution is -0.105. The third-order valence-electron chi connectivity index (χ3n) is 4.83. The molecule has 1 atom stereocenters. The molecule has 2 rings (SSSR count). The Labute approximate surface area is 116 Å². The van der Waals surface area contributed by atoms with Crippen molar-refractivity contribution in [1.29, 1.82) is 0 Å². The van der Waals surface area contributed by atoms with Crippen LogP contribution in [0.15, 0.2) is 12.1 Å². The zero-order valence-corrected chi connectivity index (χ0v) is 12.5. The second-order valence-corrected chi connectivity index (χ2v) is 6.48.